The van der Waals surface area contributed by atoms with E-state index in [1.807, 2.05) is 0 Å². The van der Waals surface area contributed by atoms with Crippen molar-refractivity contribution in [3.63, 3.8) is 0 Å². The van der Waals surface area contributed by atoms with Gasteiger partial charge in [-0.1, -0.05) is 6.92 Å². The SMILES string of the molecule is CC(CC(=O)N(C)C1CCS(=O)(=O)C1)C1CCCNC1.Cl. The molecule has 0 spiro atoms. The highest BCUT2D eigenvalue weighted by Crippen LogP contribution is 2.24. The molecule has 1 N–H and O–H groups in total. The lowest BCUT2D eigenvalue weighted by atomic mass is 9.85. The van der Waals surface area contributed by atoms with Crippen LogP contribution in [0.25, 0.3) is 0 Å². The first-order valence-corrected chi connectivity index (χ1v) is 9.38. The Labute approximate surface area is 134 Å². The number of hydrogen-bond donors (Lipinski definition) is 1. The van der Waals surface area contributed by atoms with E-state index in [1.165, 1.54) is 12.8 Å². The molecule has 0 saturated carbocycles. The van der Waals surface area contributed by atoms with Crippen molar-refractivity contribution in [1.29, 1.82) is 0 Å². The lowest BCUT2D eigenvalue weighted by Crippen LogP contribution is -2.40. The Bertz CT molecular complexity index is 449. The molecule has 0 aromatic rings. The van der Waals surface area contributed by atoms with E-state index in [9.17, 15) is 13.2 Å². The van der Waals surface area contributed by atoms with Crippen LogP contribution in [0.2, 0.25) is 0 Å². The normalized spacial score (nSPS) is 29.4. The second kappa shape index (κ2) is 7.79. The van der Waals surface area contributed by atoms with Gasteiger partial charge in [0.05, 0.1) is 11.5 Å². The van der Waals surface area contributed by atoms with Crippen molar-refractivity contribution in [1.82, 2.24) is 10.2 Å². The number of nitrogens with one attached hydrogen (secondary N) is 1. The molecule has 2 aliphatic rings. The molecule has 0 bridgehead atoms. The van der Waals surface area contributed by atoms with Gasteiger partial charge in [0.1, 0.15) is 0 Å². The topological polar surface area (TPSA) is 66.5 Å². The summed E-state index contributed by atoms with van der Waals surface area (Å²) < 4.78 is 23.0. The van der Waals surface area contributed by atoms with Gasteiger partial charge in [0.25, 0.3) is 0 Å². The van der Waals surface area contributed by atoms with Crippen molar-refractivity contribution in [2.75, 3.05) is 31.6 Å². The molecule has 0 aliphatic carbocycles. The van der Waals surface area contributed by atoms with Crippen molar-refractivity contribution in [3.8, 4) is 0 Å². The van der Waals surface area contributed by atoms with Crippen LogP contribution < -0.4 is 5.32 Å². The molecule has 124 valence electrons. The van der Waals surface area contributed by atoms with E-state index in [-0.39, 0.29) is 35.9 Å². The fraction of sp³-hybridized carbons (Fsp3) is 0.929. The third-order valence-electron chi connectivity index (χ3n) is 4.79. The zero-order valence-corrected chi connectivity index (χ0v) is 14.5. The highest BCUT2D eigenvalue weighted by Gasteiger charge is 2.33. The molecule has 5 nitrogen and oxygen atoms in total. The zero-order valence-electron chi connectivity index (χ0n) is 12.9. The summed E-state index contributed by atoms with van der Waals surface area (Å²) in [7, 11) is -1.18. The van der Waals surface area contributed by atoms with Gasteiger partial charge in [0.15, 0.2) is 9.84 Å². The fourth-order valence-corrected chi connectivity index (χ4v) is 5.01. The Morgan fingerprint density at radius 1 is 1.38 bits per heavy atom. The molecule has 2 fully saturated rings. The Balaban J connectivity index is 0.00000220. The minimum absolute atomic E-state index is 0. The number of rotatable bonds is 4. The summed E-state index contributed by atoms with van der Waals surface area (Å²) in [6, 6.07) is -0.121. The third kappa shape index (κ3) is 5.11. The second-order valence-corrected chi connectivity index (χ2v) is 8.58. The maximum atomic E-state index is 12.3. The molecule has 2 heterocycles. The summed E-state index contributed by atoms with van der Waals surface area (Å²) in [4.78, 5) is 14.0. The van der Waals surface area contributed by atoms with Gasteiger partial charge in [-0.05, 0) is 44.2 Å². The number of piperidine rings is 1. The molecule has 0 aromatic heterocycles. The predicted molar refractivity (Wildman–Crippen MR) is 86.5 cm³/mol. The fourth-order valence-electron chi connectivity index (χ4n) is 3.24. The molecule has 2 saturated heterocycles. The third-order valence-corrected chi connectivity index (χ3v) is 6.54. The first-order chi connectivity index (χ1) is 9.39. The van der Waals surface area contributed by atoms with Gasteiger partial charge in [-0.3, -0.25) is 4.79 Å². The van der Waals surface area contributed by atoms with E-state index in [0.717, 1.165) is 13.1 Å². The number of hydrogen-bond acceptors (Lipinski definition) is 4. The molecule has 0 radical (unpaired) electrons. The number of amides is 1. The summed E-state index contributed by atoms with van der Waals surface area (Å²) in [6.45, 7) is 4.21. The first kappa shape index (κ1) is 18.7. The van der Waals surface area contributed by atoms with Gasteiger partial charge in [-0.15, -0.1) is 12.4 Å². The average Bonchev–Trinajstić information content (AvgIpc) is 2.79. The zero-order chi connectivity index (χ0) is 14.8. The minimum atomic E-state index is -2.93. The van der Waals surface area contributed by atoms with Gasteiger partial charge in [0, 0.05) is 19.5 Å². The highest BCUT2D eigenvalue weighted by molar-refractivity contribution is 7.91. The van der Waals surface area contributed by atoms with Crippen LogP contribution in [0.1, 0.15) is 32.6 Å². The van der Waals surface area contributed by atoms with E-state index < -0.39 is 9.84 Å². The van der Waals surface area contributed by atoms with E-state index in [4.69, 9.17) is 0 Å². The van der Waals surface area contributed by atoms with Gasteiger partial charge < -0.3 is 10.2 Å². The average molecular weight is 339 g/mol. The second-order valence-electron chi connectivity index (χ2n) is 6.35. The molecule has 3 atom stereocenters. The van der Waals surface area contributed by atoms with Gasteiger partial charge in [-0.25, -0.2) is 8.42 Å². The quantitative estimate of drug-likeness (QED) is 0.833. The van der Waals surface area contributed by atoms with Crippen LogP contribution in [0.4, 0.5) is 0 Å². The van der Waals surface area contributed by atoms with Crippen molar-refractivity contribution in [2.24, 2.45) is 11.8 Å². The van der Waals surface area contributed by atoms with E-state index in [0.29, 0.717) is 24.7 Å². The minimum Gasteiger partial charge on any atom is -0.342 e. The van der Waals surface area contributed by atoms with Crippen molar-refractivity contribution in [3.05, 3.63) is 0 Å². The first-order valence-electron chi connectivity index (χ1n) is 7.56. The van der Waals surface area contributed by atoms with Crippen molar-refractivity contribution < 1.29 is 13.2 Å². The summed E-state index contributed by atoms with van der Waals surface area (Å²) in [5, 5.41) is 3.38. The molecule has 3 unspecified atom stereocenters. The van der Waals surface area contributed by atoms with Crippen LogP contribution in [0.3, 0.4) is 0 Å². The van der Waals surface area contributed by atoms with E-state index in [2.05, 4.69) is 12.2 Å². The molecule has 0 aromatic carbocycles. The Hall–Kier alpha value is -0.330. The Morgan fingerprint density at radius 3 is 2.62 bits per heavy atom. The smallest absolute Gasteiger partial charge is 0.222 e. The summed E-state index contributed by atoms with van der Waals surface area (Å²) in [5.41, 5.74) is 0. The van der Waals surface area contributed by atoms with Gasteiger partial charge in [-0.2, -0.15) is 0 Å². The highest BCUT2D eigenvalue weighted by atomic mass is 35.5. The summed E-state index contributed by atoms with van der Waals surface area (Å²) in [6.07, 6.45) is 3.48. The lowest BCUT2D eigenvalue weighted by Gasteiger charge is -2.30. The summed E-state index contributed by atoms with van der Waals surface area (Å²) >= 11 is 0. The van der Waals surface area contributed by atoms with Crippen LogP contribution >= 0.6 is 12.4 Å². The molecule has 7 heteroatoms. The molecular weight excluding hydrogens is 312 g/mol. The van der Waals surface area contributed by atoms with Crippen LogP contribution in [-0.2, 0) is 14.6 Å². The van der Waals surface area contributed by atoms with E-state index >= 15 is 0 Å². The standard InChI is InChI=1S/C14H26N2O3S.ClH/c1-11(12-4-3-6-15-9-12)8-14(17)16(2)13-5-7-20(18,19)10-13;/h11-13,15H,3-10H2,1-2H3;1H. The number of carbonyl (C=O) groups is 1. The van der Waals surface area contributed by atoms with E-state index in [1.54, 1.807) is 11.9 Å². The number of nitrogens with zero attached hydrogens (tertiary/aromatic N) is 1. The largest absolute Gasteiger partial charge is 0.342 e. The molecule has 21 heavy (non-hydrogen) atoms. The number of carbonyl (C=O) groups excluding carboxylic acids is 1. The Kier molecular flexibility index (Phi) is 6.94. The molecular formula is C14H27ClN2O3S. The van der Waals surface area contributed by atoms with Crippen LogP contribution in [0, 0.1) is 11.8 Å². The number of halogens is 1. The van der Waals surface area contributed by atoms with Crippen LogP contribution in [-0.4, -0.2) is 56.9 Å². The number of sulfone groups is 1. The maximum absolute atomic E-state index is 12.3. The predicted octanol–water partition coefficient (Wildman–Crippen LogP) is 1.08. The van der Waals surface area contributed by atoms with Crippen molar-refractivity contribution >= 4 is 28.2 Å². The maximum Gasteiger partial charge on any atom is 0.222 e. The van der Waals surface area contributed by atoms with Gasteiger partial charge in [0.2, 0.25) is 5.91 Å². The molecule has 2 aliphatic heterocycles. The van der Waals surface area contributed by atoms with Crippen molar-refractivity contribution in [2.45, 2.75) is 38.6 Å². The Morgan fingerprint density at radius 2 is 2.10 bits per heavy atom. The molecule has 2 rings (SSSR count). The molecule has 1 amide bonds. The summed E-state index contributed by atoms with van der Waals surface area (Å²) in [5.74, 6) is 1.36. The lowest BCUT2D eigenvalue weighted by molar-refractivity contribution is -0.132. The van der Waals surface area contributed by atoms with Crippen LogP contribution in [0.15, 0.2) is 0 Å². The van der Waals surface area contributed by atoms with Gasteiger partial charge >= 0.3 is 0 Å². The monoisotopic (exact) mass is 338 g/mol. The van der Waals surface area contributed by atoms with Crippen LogP contribution in [0.5, 0.6) is 0 Å².